The summed E-state index contributed by atoms with van der Waals surface area (Å²) < 4.78 is 0.662. The summed E-state index contributed by atoms with van der Waals surface area (Å²) in [6.07, 6.45) is 1.95. The van der Waals surface area contributed by atoms with Crippen LogP contribution in [0.3, 0.4) is 0 Å². The van der Waals surface area contributed by atoms with Gasteiger partial charge in [-0.2, -0.15) is 0 Å². The van der Waals surface area contributed by atoms with E-state index in [1.807, 2.05) is 11.7 Å². The van der Waals surface area contributed by atoms with Crippen LogP contribution in [0.1, 0.15) is 0 Å². The van der Waals surface area contributed by atoms with Crippen molar-refractivity contribution in [1.29, 1.82) is 0 Å². The molecule has 0 radical (unpaired) electrons. The standard InChI is InChI=1S/C3H4BrClS/c1-6-2-3(4)5/h2H,1H3/b3-2-. The number of hydrogen-bond acceptors (Lipinski definition) is 1. The highest BCUT2D eigenvalue weighted by Crippen LogP contribution is 2.13. The highest BCUT2D eigenvalue weighted by atomic mass is 79.9. The molecular weight excluding hydrogens is 183 g/mol. The van der Waals surface area contributed by atoms with Crippen LogP contribution in [0, 0.1) is 0 Å². The van der Waals surface area contributed by atoms with Gasteiger partial charge in [0.2, 0.25) is 0 Å². The predicted molar refractivity (Wildman–Crippen MR) is 36.4 cm³/mol. The van der Waals surface area contributed by atoms with E-state index < -0.39 is 0 Å². The van der Waals surface area contributed by atoms with E-state index in [-0.39, 0.29) is 0 Å². The maximum atomic E-state index is 5.33. The molecule has 0 saturated carbocycles. The minimum absolute atomic E-state index is 0.662. The quantitative estimate of drug-likeness (QED) is 0.608. The lowest BCUT2D eigenvalue weighted by molar-refractivity contribution is 2.39. The van der Waals surface area contributed by atoms with Crippen molar-refractivity contribution in [2.75, 3.05) is 6.26 Å². The van der Waals surface area contributed by atoms with Crippen LogP contribution in [0.15, 0.2) is 9.35 Å². The Morgan fingerprint density at radius 1 is 2.00 bits per heavy atom. The summed E-state index contributed by atoms with van der Waals surface area (Å²) in [6, 6.07) is 0. The Morgan fingerprint density at radius 2 is 2.50 bits per heavy atom. The highest BCUT2D eigenvalue weighted by Gasteiger charge is 1.73. The topological polar surface area (TPSA) is 0 Å². The first-order valence-corrected chi connectivity index (χ1v) is 3.77. The zero-order valence-electron chi connectivity index (χ0n) is 3.24. The third kappa shape index (κ3) is 4.86. The second-order valence-electron chi connectivity index (χ2n) is 0.643. The molecule has 0 unspecified atom stereocenters. The minimum Gasteiger partial charge on any atom is -0.135 e. The second-order valence-corrected chi connectivity index (χ2v) is 3.07. The molecule has 0 aliphatic carbocycles. The molecule has 6 heavy (non-hydrogen) atoms. The van der Waals surface area contributed by atoms with Gasteiger partial charge < -0.3 is 0 Å². The van der Waals surface area contributed by atoms with Crippen molar-refractivity contribution in [3.63, 3.8) is 0 Å². The summed E-state index contributed by atoms with van der Waals surface area (Å²) in [4.78, 5) is 0. The maximum absolute atomic E-state index is 5.33. The van der Waals surface area contributed by atoms with Crippen molar-refractivity contribution < 1.29 is 0 Å². The van der Waals surface area contributed by atoms with E-state index in [0.717, 1.165) is 0 Å². The molecule has 0 heterocycles. The zero-order chi connectivity index (χ0) is 4.99. The van der Waals surface area contributed by atoms with E-state index in [4.69, 9.17) is 11.6 Å². The summed E-state index contributed by atoms with van der Waals surface area (Å²) in [5, 5.41) is 1.81. The van der Waals surface area contributed by atoms with Crippen LogP contribution in [-0.2, 0) is 0 Å². The molecule has 0 atom stereocenters. The summed E-state index contributed by atoms with van der Waals surface area (Å²) >= 11 is 9.94. The average molecular weight is 187 g/mol. The molecule has 0 aliphatic heterocycles. The molecule has 0 aliphatic rings. The predicted octanol–water partition coefficient (Wildman–Crippen LogP) is 2.78. The molecule has 0 nitrogen and oxygen atoms in total. The molecule has 0 saturated heterocycles. The van der Waals surface area contributed by atoms with Crippen LogP contribution >= 0.6 is 39.3 Å². The molecular formula is C3H4BrClS. The second kappa shape index (κ2) is 4.03. The normalized spacial score (nSPS) is 12.2. The highest BCUT2D eigenvalue weighted by molar-refractivity contribution is 9.12. The van der Waals surface area contributed by atoms with Crippen LogP contribution in [0.4, 0.5) is 0 Å². The van der Waals surface area contributed by atoms with Gasteiger partial charge in [0, 0.05) is 0 Å². The summed E-state index contributed by atoms with van der Waals surface area (Å²) in [5.74, 6) is 0. The smallest absolute Gasteiger partial charge is 0.0896 e. The summed E-state index contributed by atoms with van der Waals surface area (Å²) in [5.41, 5.74) is 0. The van der Waals surface area contributed by atoms with Crippen LogP contribution in [-0.4, -0.2) is 6.26 Å². The number of hydrogen-bond donors (Lipinski definition) is 0. The van der Waals surface area contributed by atoms with Crippen LogP contribution < -0.4 is 0 Å². The van der Waals surface area contributed by atoms with Gasteiger partial charge >= 0.3 is 0 Å². The molecule has 0 aromatic carbocycles. The molecule has 0 aromatic heterocycles. The van der Waals surface area contributed by atoms with Gasteiger partial charge in [0.05, 0.1) is 3.94 Å². The van der Waals surface area contributed by atoms with Gasteiger partial charge in [0.15, 0.2) is 0 Å². The maximum Gasteiger partial charge on any atom is 0.0896 e. The lowest BCUT2D eigenvalue weighted by Gasteiger charge is -1.74. The molecule has 3 heteroatoms. The van der Waals surface area contributed by atoms with Crippen LogP contribution in [0.2, 0.25) is 0 Å². The van der Waals surface area contributed by atoms with Crippen LogP contribution in [0.5, 0.6) is 0 Å². The Morgan fingerprint density at radius 3 is 2.50 bits per heavy atom. The first-order valence-electron chi connectivity index (χ1n) is 1.31. The van der Waals surface area contributed by atoms with E-state index >= 15 is 0 Å². The first-order chi connectivity index (χ1) is 2.77. The summed E-state index contributed by atoms with van der Waals surface area (Å²) in [7, 11) is 0. The van der Waals surface area contributed by atoms with E-state index in [1.165, 1.54) is 0 Å². The Bertz CT molecular complexity index is 57.8. The van der Waals surface area contributed by atoms with E-state index in [9.17, 15) is 0 Å². The number of rotatable bonds is 1. The van der Waals surface area contributed by atoms with Crippen molar-refractivity contribution in [2.24, 2.45) is 0 Å². The van der Waals surface area contributed by atoms with Crippen molar-refractivity contribution in [3.8, 4) is 0 Å². The third-order valence-corrected chi connectivity index (χ3v) is 1.45. The third-order valence-electron chi connectivity index (χ3n) is 0.207. The van der Waals surface area contributed by atoms with Gasteiger partial charge in [-0.05, 0) is 27.6 Å². The molecule has 0 rings (SSSR count). The lowest BCUT2D eigenvalue weighted by Crippen LogP contribution is -1.42. The first kappa shape index (κ1) is 6.86. The monoisotopic (exact) mass is 186 g/mol. The lowest BCUT2D eigenvalue weighted by atomic mass is 11.3. The fraction of sp³-hybridized carbons (Fsp3) is 0.333. The van der Waals surface area contributed by atoms with Gasteiger partial charge in [-0.3, -0.25) is 0 Å². The van der Waals surface area contributed by atoms with Crippen molar-refractivity contribution in [2.45, 2.75) is 0 Å². The van der Waals surface area contributed by atoms with E-state index in [0.29, 0.717) is 3.94 Å². The SMILES string of the molecule is CS/C=C(\Cl)Br. The van der Waals surface area contributed by atoms with Crippen molar-refractivity contribution in [1.82, 2.24) is 0 Å². The van der Waals surface area contributed by atoms with E-state index in [1.54, 1.807) is 11.8 Å². The van der Waals surface area contributed by atoms with Gasteiger partial charge in [0.1, 0.15) is 0 Å². The average Bonchev–Trinajstić information content (AvgIpc) is 1.35. The van der Waals surface area contributed by atoms with Crippen molar-refractivity contribution >= 4 is 39.3 Å². The van der Waals surface area contributed by atoms with Gasteiger partial charge in [-0.15, -0.1) is 11.8 Å². The molecule has 0 fully saturated rings. The number of halogens is 2. The minimum atomic E-state index is 0.662. The molecule has 0 aromatic rings. The van der Waals surface area contributed by atoms with Gasteiger partial charge in [-0.25, -0.2) is 0 Å². The fourth-order valence-corrected chi connectivity index (χ4v) is 1.10. The zero-order valence-corrected chi connectivity index (χ0v) is 6.40. The van der Waals surface area contributed by atoms with Crippen molar-refractivity contribution in [3.05, 3.63) is 9.35 Å². The van der Waals surface area contributed by atoms with E-state index in [2.05, 4.69) is 15.9 Å². The Kier molecular flexibility index (Phi) is 4.61. The number of thioether (sulfide) groups is 1. The molecule has 0 amide bonds. The molecule has 36 valence electrons. The van der Waals surface area contributed by atoms with Crippen LogP contribution in [0.25, 0.3) is 0 Å². The fourth-order valence-electron chi connectivity index (χ4n) is 0.0891. The van der Waals surface area contributed by atoms with Gasteiger partial charge in [-0.1, -0.05) is 11.6 Å². The molecule has 0 N–H and O–H groups in total. The Labute approximate surface area is 55.1 Å². The molecule has 0 bridgehead atoms. The largest absolute Gasteiger partial charge is 0.135 e. The summed E-state index contributed by atoms with van der Waals surface area (Å²) in [6.45, 7) is 0. The Hall–Kier alpha value is 0.860. The van der Waals surface area contributed by atoms with Gasteiger partial charge in [0.25, 0.3) is 0 Å². The Balaban J connectivity index is 3.14. The molecule has 0 spiro atoms.